The summed E-state index contributed by atoms with van der Waals surface area (Å²) in [6.07, 6.45) is 1.62. The van der Waals surface area contributed by atoms with Crippen molar-refractivity contribution < 1.29 is 13.2 Å². The third-order valence-corrected chi connectivity index (χ3v) is 4.41. The van der Waals surface area contributed by atoms with Crippen molar-refractivity contribution in [3.8, 4) is 0 Å². The first-order valence-electron chi connectivity index (χ1n) is 5.83. The molecule has 0 saturated carbocycles. The van der Waals surface area contributed by atoms with Crippen LogP contribution in [0.4, 0.5) is 11.4 Å². The van der Waals surface area contributed by atoms with Gasteiger partial charge in [0.2, 0.25) is 15.9 Å². The van der Waals surface area contributed by atoms with Gasteiger partial charge in [0.15, 0.2) is 0 Å². The number of carbonyl (C=O) groups excluding carboxylic acids is 1. The third-order valence-electron chi connectivity index (χ3n) is 2.88. The van der Waals surface area contributed by atoms with E-state index in [0.29, 0.717) is 24.6 Å². The summed E-state index contributed by atoms with van der Waals surface area (Å²) in [7, 11) is -3.31. The number of nitrogens with zero attached hydrogens (tertiary/aromatic N) is 1. The van der Waals surface area contributed by atoms with Crippen LogP contribution in [0.2, 0.25) is 0 Å². The van der Waals surface area contributed by atoms with Crippen LogP contribution in [0.3, 0.4) is 0 Å². The van der Waals surface area contributed by atoms with E-state index < -0.39 is 10.0 Å². The zero-order chi connectivity index (χ0) is 14.0. The molecule has 1 aliphatic rings. The highest BCUT2D eigenvalue weighted by molar-refractivity contribution is 9.09. The van der Waals surface area contributed by atoms with Crippen LogP contribution in [-0.2, 0) is 14.8 Å². The molecule has 1 aliphatic heterocycles. The third kappa shape index (κ3) is 3.70. The first-order valence-corrected chi connectivity index (χ1v) is 8.84. The second-order valence-corrected chi connectivity index (χ2v) is 7.05. The first-order chi connectivity index (χ1) is 8.89. The largest absolute Gasteiger partial charge is 0.312 e. The van der Waals surface area contributed by atoms with Crippen molar-refractivity contribution in [2.24, 2.45) is 5.92 Å². The SMILES string of the molecule is CS(=O)(=O)Nc1cccc(N2CC(CBr)CC2=O)c1. The zero-order valence-electron chi connectivity index (χ0n) is 10.5. The van der Waals surface area contributed by atoms with Gasteiger partial charge in [-0.25, -0.2) is 8.42 Å². The van der Waals surface area contributed by atoms with Crippen LogP contribution >= 0.6 is 15.9 Å². The number of hydrogen-bond donors (Lipinski definition) is 1. The van der Waals surface area contributed by atoms with Crippen LogP contribution in [0.5, 0.6) is 0 Å². The minimum Gasteiger partial charge on any atom is -0.312 e. The van der Waals surface area contributed by atoms with Crippen LogP contribution in [-0.4, -0.2) is 32.5 Å². The van der Waals surface area contributed by atoms with Gasteiger partial charge >= 0.3 is 0 Å². The maximum atomic E-state index is 11.9. The lowest BCUT2D eigenvalue weighted by Crippen LogP contribution is -2.24. The Bertz CT molecular complexity index is 588. The average molecular weight is 347 g/mol. The molecule has 5 nitrogen and oxygen atoms in total. The van der Waals surface area contributed by atoms with Gasteiger partial charge in [-0.1, -0.05) is 22.0 Å². The topological polar surface area (TPSA) is 66.5 Å². The number of sulfonamides is 1. The van der Waals surface area contributed by atoms with E-state index in [1.807, 2.05) is 6.07 Å². The first kappa shape index (κ1) is 14.3. The summed E-state index contributed by atoms with van der Waals surface area (Å²) in [5, 5.41) is 0.788. The fraction of sp³-hybridized carbons (Fsp3) is 0.417. The molecule has 104 valence electrons. The highest BCUT2D eigenvalue weighted by Crippen LogP contribution is 2.28. The zero-order valence-corrected chi connectivity index (χ0v) is 12.9. The normalized spacial score (nSPS) is 19.8. The molecule has 1 aromatic carbocycles. The molecule has 0 radical (unpaired) electrons. The van der Waals surface area contributed by atoms with Gasteiger partial charge in [-0.2, -0.15) is 0 Å². The number of rotatable bonds is 4. The van der Waals surface area contributed by atoms with Crippen molar-refractivity contribution in [3.05, 3.63) is 24.3 Å². The van der Waals surface area contributed by atoms with Crippen molar-refractivity contribution in [1.82, 2.24) is 0 Å². The average Bonchev–Trinajstić information content (AvgIpc) is 2.69. The standard InChI is InChI=1S/C12H15BrN2O3S/c1-19(17,18)14-10-3-2-4-11(6-10)15-8-9(7-13)5-12(15)16/h2-4,6,9,14H,5,7-8H2,1H3. The smallest absolute Gasteiger partial charge is 0.229 e. The van der Waals surface area contributed by atoms with Gasteiger partial charge < -0.3 is 4.90 Å². The summed E-state index contributed by atoms with van der Waals surface area (Å²) in [5.74, 6) is 0.375. The predicted molar refractivity (Wildman–Crippen MR) is 79.2 cm³/mol. The fourth-order valence-corrected chi connectivity index (χ4v) is 3.07. The van der Waals surface area contributed by atoms with E-state index in [4.69, 9.17) is 0 Å². The Hall–Kier alpha value is -1.08. The molecule has 1 heterocycles. The number of halogens is 1. The van der Waals surface area contributed by atoms with Gasteiger partial charge in [0.25, 0.3) is 0 Å². The number of nitrogens with one attached hydrogen (secondary N) is 1. The molecule has 1 N–H and O–H groups in total. The number of alkyl halides is 1. The molecule has 1 unspecified atom stereocenters. The summed E-state index contributed by atoms with van der Waals surface area (Å²) in [5.41, 5.74) is 1.19. The van der Waals surface area contributed by atoms with E-state index in [1.165, 1.54) is 0 Å². The van der Waals surface area contributed by atoms with Crippen molar-refractivity contribution >= 4 is 43.2 Å². The maximum absolute atomic E-state index is 11.9. The quantitative estimate of drug-likeness (QED) is 0.845. The van der Waals surface area contributed by atoms with Crippen molar-refractivity contribution in [2.45, 2.75) is 6.42 Å². The van der Waals surface area contributed by atoms with Crippen LogP contribution in [0.25, 0.3) is 0 Å². The van der Waals surface area contributed by atoms with Crippen molar-refractivity contribution in [1.29, 1.82) is 0 Å². The Labute approximate surface area is 121 Å². The lowest BCUT2D eigenvalue weighted by atomic mass is 10.2. The molecule has 0 bridgehead atoms. The molecule has 1 atom stereocenters. The molecule has 2 rings (SSSR count). The Kier molecular flexibility index (Phi) is 4.15. The molecule has 1 fully saturated rings. The van der Waals surface area contributed by atoms with Crippen LogP contribution < -0.4 is 9.62 Å². The lowest BCUT2D eigenvalue weighted by molar-refractivity contribution is -0.117. The van der Waals surface area contributed by atoms with Crippen molar-refractivity contribution in [2.75, 3.05) is 27.8 Å². The minimum atomic E-state index is -3.31. The van der Waals surface area contributed by atoms with E-state index in [0.717, 1.165) is 17.3 Å². The van der Waals surface area contributed by atoms with Gasteiger partial charge in [0.05, 0.1) is 11.9 Å². The Balaban J connectivity index is 2.22. The van der Waals surface area contributed by atoms with Crippen LogP contribution in [0.1, 0.15) is 6.42 Å². The van der Waals surface area contributed by atoms with Crippen LogP contribution in [0, 0.1) is 5.92 Å². The van der Waals surface area contributed by atoms with E-state index >= 15 is 0 Å². The summed E-state index contributed by atoms with van der Waals surface area (Å²) in [6, 6.07) is 6.88. The summed E-state index contributed by atoms with van der Waals surface area (Å²) >= 11 is 3.39. The monoisotopic (exact) mass is 346 g/mol. The Morgan fingerprint density at radius 1 is 1.47 bits per heavy atom. The molecule has 7 heteroatoms. The molecule has 1 amide bonds. The van der Waals surface area contributed by atoms with E-state index in [2.05, 4.69) is 20.7 Å². The van der Waals surface area contributed by atoms with Gasteiger partial charge in [-0.15, -0.1) is 0 Å². The van der Waals surface area contributed by atoms with Crippen LogP contribution in [0.15, 0.2) is 24.3 Å². The van der Waals surface area contributed by atoms with E-state index in [9.17, 15) is 13.2 Å². The molecule has 19 heavy (non-hydrogen) atoms. The molecular formula is C12H15BrN2O3S. The second kappa shape index (κ2) is 5.50. The summed E-state index contributed by atoms with van der Waals surface area (Å²) in [6.45, 7) is 0.659. The maximum Gasteiger partial charge on any atom is 0.229 e. The number of carbonyl (C=O) groups is 1. The van der Waals surface area contributed by atoms with Gasteiger partial charge in [0.1, 0.15) is 0 Å². The number of anilines is 2. The molecule has 0 spiro atoms. The Morgan fingerprint density at radius 3 is 2.79 bits per heavy atom. The molecule has 1 aromatic rings. The van der Waals surface area contributed by atoms with Gasteiger partial charge in [-0.05, 0) is 24.1 Å². The number of benzene rings is 1. The van der Waals surface area contributed by atoms with Gasteiger partial charge in [0, 0.05) is 24.0 Å². The molecule has 0 aliphatic carbocycles. The fourth-order valence-electron chi connectivity index (χ4n) is 2.09. The molecule has 1 saturated heterocycles. The highest BCUT2D eigenvalue weighted by atomic mass is 79.9. The second-order valence-electron chi connectivity index (χ2n) is 4.65. The van der Waals surface area contributed by atoms with Gasteiger partial charge in [-0.3, -0.25) is 9.52 Å². The van der Waals surface area contributed by atoms with Crippen molar-refractivity contribution in [3.63, 3.8) is 0 Å². The van der Waals surface area contributed by atoms with E-state index in [1.54, 1.807) is 23.1 Å². The molecular weight excluding hydrogens is 332 g/mol. The lowest BCUT2D eigenvalue weighted by Gasteiger charge is -2.17. The highest BCUT2D eigenvalue weighted by Gasteiger charge is 2.29. The number of hydrogen-bond acceptors (Lipinski definition) is 3. The molecule has 0 aromatic heterocycles. The summed E-state index contributed by atoms with van der Waals surface area (Å²) in [4.78, 5) is 13.6. The number of amides is 1. The minimum absolute atomic E-state index is 0.0703. The predicted octanol–water partition coefficient (Wildman–Crippen LogP) is 1.81. The van der Waals surface area contributed by atoms with E-state index in [-0.39, 0.29) is 5.91 Å². The Morgan fingerprint density at radius 2 is 2.21 bits per heavy atom. The summed E-state index contributed by atoms with van der Waals surface area (Å²) < 4.78 is 24.8.